The maximum atomic E-state index is 13.0. The third kappa shape index (κ3) is 3.83. The van der Waals surface area contributed by atoms with Crippen molar-refractivity contribution in [3.63, 3.8) is 0 Å². The second-order valence-corrected chi connectivity index (χ2v) is 8.34. The van der Waals surface area contributed by atoms with E-state index >= 15 is 0 Å². The fraction of sp³-hybridized carbons (Fsp3) is 0.400. The largest absolute Gasteiger partial charge is 0.497 e. The van der Waals surface area contributed by atoms with Crippen LogP contribution in [0.3, 0.4) is 0 Å². The number of methoxy groups -OCH3 is 1. The second-order valence-electron chi connectivity index (χ2n) is 7.29. The molecule has 1 aromatic carbocycles. The summed E-state index contributed by atoms with van der Waals surface area (Å²) < 4.78 is 5.20. The number of anilines is 1. The Morgan fingerprint density at radius 2 is 1.93 bits per heavy atom. The van der Waals surface area contributed by atoms with E-state index in [4.69, 9.17) is 10.5 Å². The zero-order valence-corrected chi connectivity index (χ0v) is 16.6. The normalized spacial score (nSPS) is 23.2. The number of nitrogens with one attached hydrogen (secondary N) is 2. The molecule has 3 saturated heterocycles. The molecule has 2 aromatic rings. The van der Waals surface area contributed by atoms with E-state index in [2.05, 4.69) is 15.5 Å². The van der Waals surface area contributed by atoms with Crippen molar-refractivity contribution in [3.05, 3.63) is 35.9 Å². The van der Waals surface area contributed by atoms with Gasteiger partial charge in [-0.2, -0.15) is 0 Å². The van der Waals surface area contributed by atoms with Gasteiger partial charge in [-0.3, -0.25) is 10.1 Å². The number of hydrogen-bond donors (Lipinski definition) is 3. The number of carbonyl (C=O) groups excluding carboxylic acids is 2. The van der Waals surface area contributed by atoms with Crippen LogP contribution in [0.4, 0.5) is 9.80 Å². The first-order valence-corrected chi connectivity index (χ1v) is 10.2. The highest BCUT2D eigenvalue weighted by molar-refractivity contribution is 7.20. The van der Waals surface area contributed by atoms with Crippen molar-refractivity contribution >= 4 is 28.3 Å². The fourth-order valence-corrected chi connectivity index (χ4v) is 5.10. The molecule has 4 N–H and O–H groups in total. The Labute approximate surface area is 167 Å². The first-order valence-electron chi connectivity index (χ1n) is 9.41. The monoisotopic (exact) mass is 400 g/mol. The molecule has 7 nitrogen and oxygen atoms in total. The Hall–Kier alpha value is -2.58. The topological polar surface area (TPSA) is 96.7 Å². The molecule has 148 valence electrons. The fourth-order valence-electron chi connectivity index (χ4n) is 4.04. The molecule has 3 aliphatic rings. The van der Waals surface area contributed by atoms with E-state index in [9.17, 15) is 9.59 Å². The summed E-state index contributed by atoms with van der Waals surface area (Å²) >= 11 is 1.34. The molecule has 1 unspecified atom stereocenters. The van der Waals surface area contributed by atoms with Gasteiger partial charge in [0.2, 0.25) is 0 Å². The van der Waals surface area contributed by atoms with Crippen LogP contribution in [0, 0.1) is 5.92 Å². The van der Waals surface area contributed by atoms with Crippen LogP contribution >= 0.6 is 11.3 Å². The van der Waals surface area contributed by atoms with Crippen LogP contribution < -0.4 is 21.1 Å². The molecule has 0 radical (unpaired) electrons. The summed E-state index contributed by atoms with van der Waals surface area (Å²) in [5.41, 5.74) is 6.71. The van der Waals surface area contributed by atoms with Gasteiger partial charge >= 0.3 is 6.03 Å². The molecule has 3 amide bonds. The highest BCUT2D eigenvalue weighted by Crippen LogP contribution is 2.36. The quantitative estimate of drug-likeness (QED) is 0.719. The number of piperidine rings is 3. The number of carbonyl (C=O) groups is 2. The summed E-state index contributed by atoms with van der Waals surface area (Å²) in [5, 5.41) is 6.25. The number of rotatable bonds is 5. The number of primary amides is 1. The minimum Gasteiger partial charge on any atom is -0.497 e. The van der Waals surface area contributed by atoms with Gasteiger partial charge in [0.25, 0.3) is 5.91 Å². The second kappa shape index (κ2) is 7.81. The Bertz CT molecular complexity index is 872. The molecule has 3 aliphatic heterocycles. The molecular weight excluding hydrogens is 376 g/mol. The van der Waals surface area contributed by atoms with Crippen molar-refractivity contribution in [2.75, 3.05) is 32.1 Å². The lowest BCUT2D eigenvalue weighted by Gasteiger charge is -2.44. The van der Waals surface area contributed by atoms with E-state index in [0.717, 1.165) is 48.7 Å². The lowest BCUT2D eigenvalue weighted by Crippen LogP contribution is -2.57. The van der Waals surface area contributed by atoms with E-state index in [1.54, 1.807) is 7.11 Å². The smallest absolute Gasteiger partial charge is 0.317 e. The predicted molar refractivity (Wildman–Crippen MR) is 110 cm³/mol. The van der Waals surface area contributed by atoms with Crippen LogP contribution in [-0.2, 0) is 0 Å². The molecule has 0 aliphatic carbocycles. The summed E-state index contributed by atoms with van der Waals surface area (Å²) in [4.78, 5) is 27.7. The Morgan fingerprint density at radius 3 is 2.50 bits per heavy atom. The van der Waals surface area contributed by atoms with Crippen molar-refractivity contribution in [1.82, 2.24) is 10.2 Å². The molecule has 3 fully saturated rings. The van der Waals surface area contributed by atoms with Gasteiger partial charge in [0.15, 0.2) is 0 Å². The summed E-state index contributed by atoms with van der Waals surface area (Å²) in [6.45, 7) is 3.13. The average Bonchev–Trinajstić information content (AvgIpc) is 3.12. The number of hydrogen-bond acceptors (Lipinski definition) is 5. The molecule has 1 atom stereocenters. The lowest BCUT2D eigenvalue weighted by molar-refractivity contribution is 0.0621. The highest BCUT2D eigenvalue weighted by atomic mass is 32.1. The van der Waals surface area contributed by atoms with Crippen LogP contribution in [0.15, 0.2) is 30.3 Å². The van der Waals surface area contributed by atoms with Crippen molar-refractivity contribution in [2.45, 2.75) is 18.9 Å². The summed E-state index contributed by atoms with van der Waals surface area (Å²) in [6.07, 6.45) is 2.25. The molecular formula is C20H24N4O3S. The Morgan fingerprint density at radius 1 is 1.21 bits per heavy atom. The van der Waals surface area contributed by atoms with Gasteiger partial charge < -0.3 is 20.7 Å². The molecule has 4 heterocycles. The lowest BCUT2D eigenvalue weighted by atomic mass is 9.84. The van der Waals surface area contributed by atoms with Gasteiger partial charge in [-0.1, -0.05) is 0 Å². The molecule has 8 heteroatoms. The van der Waals surface area contributed by atoms with Crippen LogP contribution in [0.2, 0.25) is 0 Å². The van der Waals surface area contributed by atoms with E-state index in [-0.39, 0.29) is 11.9 Å². The number of thiophene rings is 1. The van der Waals surface area contributed by atoms with Crippen molar-refractivity contribution in [3.8, 4) is 16.2 Å². The Kier molecular flexibility index (Phi) is 5.23. The van der Waals surface area contributed by atoms with Crippen LogP contribution in [0.1, 0.15) is 23.2 Å². The minimum absolute atomic E-state index is 0.153. The number of benzene rings is 1. The first-order chi connectivity index (χ1) is 13.5. The third-order valence-corrected chi connectivity index (χ3v) is 6.66. The highest BCUT2D eigenvalue weighted by Gasteiger charge is 2.35. The SMILES string of the molecule is COc1ccc(-c2cc(C(=O)NC3CN4CCC3CC4)c(NC(N)=O)s2)cc1. The van der Waals surface area contributed by atoms with E-state index in [0.29, 0.717) is 16.5 Å². The van der Waals surface area contributed by atoms with Crippen molar-refractivity contribution in [1.29, 1.82) is 0 Å². The van der Waals surface area contributed by atoms with Crippen molar-refractivity contribution < 1.29 is 14.3 Å². The maximum absolute atomic E-state index is 13.0. The average molecular weight is 401 g/mol. The predicted octanol–water partition coefficient (Wildman–Crippen LogP) is 2.74. The van der Waals surface area contributed by atoms with Gasteiger partial charge in [0.05, 0.1) is 12.7 Å². The zero-order valence-electron chi connectivity index (χ0n) is 15.7. The van der Waals surface area contributed by atoms with Crippen molar-refractivity contribution in [2.24, 2.45) is 11.7 Å². The van der Waals surface area contributed by atoms with E-state index < -0.39 is 6.03 Å². The molecule has 0 saturated carbocycles. The van der Waals surface area contributed by atoms with Gasteiger partial charge in [0, 0.05) is 17.5 Å². The minimum atomic E-state index is -0.681. The molecule has 1 aromatic heterocycles. The standard InChI is InChI=1S/C20H24N4O3S/c1-27-14-4-2-13(3-5-14)17-10-15(19(28-17)23-20(21)26)18(25)22-16-11-24-8-6-12(16)7-9-24/h2-5,10,12,16H,6-9,11H2,1H3,(H,22,25)(H3,21,23,26). The third-order valence-electron chi connectivity index (χ3n) is 5.56. The summed E-state index contributed by atoms with van der Waals surface area (Å²) in [6, 6.07) is 8.86. The van der Waals surface area contributed by atoms with Crippen LogP contribution in [0.5, 0.6) is 5.75 Å². The van der Waals surface area contributed by atoms with Crippen LogP contribution in [0.25, 0.3) is 10.4 Å². The Balaban J connectivity index is 1.58. The summed E-state index contributed by atoms with van der Waals surface area (Å²) in [7, 11) is 1.62. The van der Waals surface area contributed by atoms with Crippen LogP contribution in [-0.4, -0.2) is 49.6 Å². The van der Waals surface area contributed by atoms with Gasteiger partial charge in [-0.25, -0.2) is 4.79 Å². The number of nitrogens with two attached hydrogens (primary N) is 1. The van der Waals surface area contributed by atoms with Gasteiger partial charge in [-0.15, -0.1) is 11.3 Å². The first kappa shape index (κ1) is 18.8. The van der Waals surface area contributed by atoms with E-state index in [1.807, 2.05) is 30.3 Å². The maximum Gasteiger partial charge on any atom is 0.317 e. The molecule has 0 spiro atoms. The van der Waals surface area contributed by atoms with E-state index in [1.165, 1.54) is 11.3 Å². The number of nitrogens with zero attached hydrogens (tertiary/aromatic N) is 1. The summed E-state index contributed by atoms with van der Waals surface area (Å²) in [5.74, 6) is 1.12. The molecule has 5 rings (SSSR count). The van der Waals surface area contributed by atoms with Gasteiger partial charge in [0.1, 0.15) is 10.8 Å². The molecule has 2 bridgehead atoms. The zero-order chi connectivity index (χ0) is 19.7. The number of urea groups is 1. The molecule has 28 heavy (non-hydrogen) atoms. The number of ether oxygens (including phenoxy) is 1. The van der Waals surface area contributed by atoms with Gasteiger partial charge in [-0.05, 0) is 67.7 Å². The number of amides is 3. The number of fused-ring (bicyclic) bond motifs is 3.